The van der Waals surface area contributed by atoms with Crippen LogP contribution in [0.4, 0.5) is 0 Å². The first-order valence-electron chi connectivity index (χ1n) is 8.27. The molecule has 0 bridgehead atoms. The second-order valence-electron chi connectivity index (χ2n) is 5.97. The van der Waals surface area contributed by atoms with Crippen molar-refractivity contribution in [1.82, 2.24) is 9.78 Å². The fraction of sp³-hybridized carbons (Fsp3) is 0.150. The number of carboxylic acids is 1. The molecule has 0 saturated heterocycles. The van der Waals surface area contributed by atoms with Crippen LogP contribution in [0.25, 0.3) is 16.9 Å². The molecule has 26 heavy (non-hydrogen) atoms. The molecule has 2 heterocycles. The van der Waals surface area contributed by atoms with E-state index in [1.807, 2.05) is 49.4 Å². The maximum atomic E-state index is 11.9. The van der Waals surface area contributed by atoms with Gasteiger partial charge in [-0.15, -0.1) is 11.8 Å². The monoisotopic (exact) mass is 361 g/mol. The molecule has 1 N–H and O–H groups in total. The average Bonchev–Trinajstić information content (AvgIpc) is 3.09. The molecule has 0 radical (unpaired) electrons. The molecule has 0 saturated carbocycles. The Bertz CT molecular complexity index is 1050. The van der Waals surface area contributed by atoms with Crippen LogP contribution < -0.4 is 0 Å². The lowest BCUT2D eigenvalue weighted by atomic mass is 9.98. The molecule has 6 heteroatoms. The van der Waals surface area contributed by atoms with Crippen LogP contribution in [0.3, 0.4) is 0 Å². The van der Waals surface area contributed by atoms with Crippen LogP contribution in [-0.2, 0) is 0 Å². The van der Waals surface area contributed by atoms with Crippen LogP contribution in [0, 0.1) is 11.3 Å². The number of carboxylic acid groups (broad SMARTS) is 1. The molecular formula is C20H15N3O2S. The van der Waals surface area contributed by atoms with E-state index in [-0.39, 0.29) is 10.9 Å². The van der Waals surface area contributed by atoms with Crippen molar-refractivity contribution in [2.24, 2.45) is 0 Å². The Kier molecular flexibility index (Phi) is 4.02. The first-order chi connectivity index (χ1) is 12.7. The predicted molar refractivity (Wildman–Crippen MR) is 99.6 cm³/mol. The summed E-state index contributed by atoms with van der Waals surface area (Å²) in [6.07, 6.45) is 0.748. The number of fused-ring (bicyclic) bond motifs is 3. The highest BCUT2D eigenvalue weighted by Crippen LogP contribution is 2.53. The van der Waals surface area contributed by atoms with E-state index in [0.717, 1.165) is 33.8 Å². The number of hydrogen-bond donors (Lipinski definition) is 1. The molecule has 1 aliphatic heterocycles. The fourth-order valence-electron chi connectivity index (χ4n) is 3.34. The first-order valence-corrected chi connectivity index (χ1v) is 9.15. The Morgan fingerprint density at radius 1 is 1.27 bits per heavy atom. The zero-order valence-electron chi connectivity index (χ0n) is 14.0. The van der Waals surface area contributed by atoms with Gasteiger partial charge in [-0.2, -0.15) is 10.4 Å². The molecule has 0 amide bonds. The third-order valence-corrected chi connectivity index (χ3v) is 6.00. The minimum absolute atomic E-state index is 0.0597. The summed E-state index contributed by atoms with van der Waals surface area (Å²) in [5.74, 6) is -1.03. The SMILES string of the molecule is CCC1Sc2c(C#N)cccc2-c2c1c(C(=O)O)nn2-c1ccccc1. The van der Waals surface area contributed by atoms with Gasteiger partial charge in [-0.3, -0.25) is 0 Å². The summed E-state index contributed by atoms with van der Waals surface area (Å²) < 4.78 is 1.70. The zero-order chi connectivity index (χ0) is 18.3. The molecule has 3 aromatic rings. The van der Waals surface area contributed by atoms with Crippen molar-refractivity contribution < 1.29 is 9.90 Å². The zero-order valence-corrected chi connectivity index (χ0v) is 14.8. The van der Waals surface area contributed by atoms with E-state index in [2.05, 4.69) is 11.2 Å². The third kappa shape index (κ3) is 2.40. The summed E-state index contributed by atoms with van der Waals surface area (Å²) in [5, 5.41) is 23.6. The fourth-order valence-corrected chi connectivity index (χ4v) is 4.66. The molecule has 1 unspecified atom stereocenters. The minimum atomic E-state index is -1.03. The van der Waals surface area contributed by atoms with Gasteiger partial charge in [0.1, 0.15) is 6.07 Å². The Hall–Kier alpha value is -3.04. The lowest BCUT2D eigenvalue weighted by Gasteiger charge is -2.25. The van der Waals surface area contributed by atoms with E-state index >= 15 is 0 Å². The Morgan fingerprint density at radius 3 is 2.69 bits per heavy atom. The van der Waals surface area contributed by atoms with E-state index in [1.54, 1.807) is 22.5 Å². The van der Waals surface area contributed by atoms with Crippen molar-refractivity contribution in [3.05, 3.63) is 65.4 Å². The standard InChI is InChI=1S/C20H15N3O2S/c1-2-15-16-17(20(24)25)22-23(13-8-4-3-5-9-13)18(16)14-10-6-7-12(11-21)19(14)26-15/h3-10,15H,2H2,1H3,(H,24,25). The van der Waals surface area contributed by atoms with E-state index in [0.29, 0.717) is 5.56 Å². The van der Waals surface area contributed by atoms with Gasteiger partial charge in [-0.25, -0.2) is 9.48 Å². The summed E-state index contributed by atoms with van der Waals surface area (Å²) in [7, 11) is 0. The number of para-hydroxylation sites is 1. The lowest BCUT2D eigenvalue weighted by Crippen LogP contribution is -2.08. The minimum Gasteiger partial charge on any atom is -0.476 e. The van der Waals surface area contributed by atoms with E-state index < -0.39 is 5.97 Å². The second kappa shape index (κ2) is 6.36. The molecule has 0 spiro atoms. The summed E-state index contributed by atoms with van der Waals surface area (Å²) in [5.41, 5.74) is 3.84. The normalized spacial score (nSPS) is 15.0. The number of hydrogen-bond acceptors (Lipinski definition) is 4. The maximum Gasteiger partial charge on any atom is 0.356 e. The maximum absolute atomic E-state index is 11.9. The van der Waals surface area contributed by atoms with Crippen LogP contribution >= 0.6 is 11.8 Å². The topological polar surface area (TPSA) is 78.9 Å². The molecule has 128 valence electrons. The quantitative estimate of drug-likeness (QED) is 0.733. The highest BCUT2D eigenvalue weighted by atomic mass is 32.2. The van der Waals surface area contributed by atoms with Crippen molar-refractivity contribution in [2.75, 3.05) is 0 Å². The number of thioether (sulfide) groups is 1. The number of carbonyl (C=O) groups is 1. The van der Waals surface area contributed by atoms with Gasteiger partial charge in [0.15, 0.2) is 5.69 Å². The van der Waals surface area contributed by atoms with Gasteiger partial charge >= 0.3 is 5.97 Å². The molecule has 5 nitrogen and oxygen atoms in total. The number of nitrogens with zero attached hydrogens (tertiary/aromatic N) is 3. The van der Waals surface area contributed by atoms with Gasteiger partial charge in [0.25, 0.3) is 0 Å². The number of benzene rings is 2. The number of aromatic carboxylic acids is 1. The van der Waals surface area contributed by atoms with Gasteiger partial charge in [0, 0.05) is 21.3 Å². The van der Waals surface area contributed by atoms with Gasteiger partial charge in [-0.1, -0.05) is 37.3 Å². The van der Waals surface area contributed by atoms with Crippen LogP contribution in [-0.4, -0.2) is 20.9 Å². The molecule has 2 aromatic carbocycles. The largest absolute Gasteiger partial charge is 0.476 e. The average molecular weight is 361 g/mol. The van der Waals surface area contributed by atoms with Crippen LogP contribution in [0.15, 0.2) is 53.4 Å². The predicted octanol–water partition coefficient (Wildman–Crippen LogP) is 4.67. The van der Waals surface area contributed by atoms with E-state index in [4.69, 9.17) is 0 Å². The molecular weight excluding hydrogens is 346 g/mol. The summed E-state index contributed by atoms with van der Waals surface area (Å²) in [6, 6.07) is 17.3. The van der Waals surface area contributed by atoms with Crippen molar-refractivity contribution in [3.63, 3.8) is 0 Å². The summed E-state index contributed by atoms with van der Waals surface area (Å²) in [6.45, 7) is 2.02. The van der Waals surface area contributed by atoms with Gasteiger partial charge in [0.05, 0.1) is 16.9 Å². The number of rotatable bonds is 3. The highest BCUT2D eigenvalue weighted by Gasteiger charge is 2.35. The molecule has 0 aliphatic carbocycles. The van der Waals surface area contributed by atoms with Gasteiger partial charge in [-0.05, 0) is 24.6 Å². The van der Waals surface area contributed by atoms with Gasteiger partial charge < -0.3 is 5.11 Å². The number of aromatic nitrogens is 2. The third-order valence-electron chi connectivity index (χ3n) is 4.47. The molecule has 1 atom stereocenters. The van der Waals surface area contributed by atoms with Crippen molar-refractivity contribution in [1.29, 1.82) is 5.26 Å². The highest BCUT2D eigenvalue weighted by molar-refractivity contribution is 7.99. The Labute approximate surface area is 154 Å². The number of nitriles is 1. The summed E-state index contributed by atoms with van der Waals surface area (Å²) >= 11 is 1.55. The molecule has 1 aromatic heterocycles. The van der Waals surface area contributed by atoms with Gasteiger partial charge in [0.2, 0.25) is 0 Å². The lowest BCUT2D eigenvalue weighted by molar-refractivity contribution is 0.0688. The van der Waals surface area contributed by atoms with E-state index in [9.17, 15) is 15.2 Å². The smallest absolute Gasteiger partial charge is 0.356 e. The summed E-state index contributed by atoms with van der Waals surface area (Å²) in [4.78, 5) is 12.8. The van der Waals surface area contributed by atoms with Crippen LogP contribution in [0.5, 0.6) is 0 Å². The van der Waals surface area contributed by atoms with Crippen molar-refractivity contribution in [3.8, 4) is 23.0 Å². The van der Waals surface area contributed by atoms with Crippen LogP contribution in [0.2, 0.25) is 0 Å². The second-order valence-corrected chi connectivity index (χ2v) is 7.19. The van der Waals surface area contributed by atoms with Crippen LogP contribution in [0.1, 0.15) is 40.2 Å². The van der Waals surface area contributed by atoms with Crippen molar-refractivity contribution >= 4 is 17.7 Å². The van der Waals surface area contributed by atoms with E-state index in [1.165, 1.54) is 0 Å². The molecule has 0 fully saturated rings. The van der Waals surface area contributed by atoms with Crippen molar-refractivity contribution in [2.45, 2.75) is 23.5 Å². The Morgan fingerprint density at radius 2 is 2.04 bits per heavy atom. The molecule has 1 aliphatic rings. The Balaban J connectivity index is 2.10. The molecule has 4 rings (SSSR count). The first kappa shape index (κ1) is 16.4.